The molecule has 1 heteroatoms. The maximum absolute atomic E-state index is 2.44. The number of fused-ring (bicyclic) bond motifs is 1. The van der Waals surface area contributed by atoms with Crippen LogP contribution in [0.5, 0.6) is 0 Å². The standard InChI is InChI=1S/C9H7.2CH3.Ti/c1-2-5-9-7-3-6-8(9)4-1;;;/h1-7H;2*1H3;. The van der Waals surface area contributed by atoms with Gasteiger partial charge in [0.25, 0.3) is 0 Å². The predicted octanol–water partition coefficient (Wildman–Crippen LogP) is 3.47. The van der Waals surface area contributed by atoms with Crippen LogP contribution in [0, 0.1) is 0 Å². The van der Waals surface area contributed by atoms with Gasteiger partial charge in [0, 0.05) is 0 Å². The molecular formula is C11H13Ti. The van der Waals surface area contributed by atoms with E-state index in [-0.39, 0.29) is 0 Å². The van der Waals surface area contributed by atoms with E-state index in [4.69, 9.17) is 0 Å². The number of allylic oxidation sites excluding steroid dienone is 1. The first-order valence-electron chi connectivity index (χ1n) is 4.36. The van der Waals surface area contributed by atoms with Crippen LogP contribution in [0.25, 0.3) is 6.08 Å². The third kappa shape index (κ3) is 1.30. The van der Waals surface area contributed by atoms with Crippen molar-refractivity contribution in [2.75, 3.05) is 0 Å². The van der Waals surface area contributed by atoms with Crippen molar-refractivity contribution in [1.82, 2.24) is 0 Å². The van der Waals surface area contributed by atoms with Gasteiger partial charge in [-0.2, -0.15) is 0 Å². The molecule has 1 aromatic rings. The van der Waals surface area contributed by atoms with Crippen LogP contribution in [-0.2, 0) is 17.9 Å². The summed E-state index contributed by atoms with van der Waals surface area (Å²) >= 11 is -0.799. The van der Waals surface area contributed by atoms with Crippen molar-refractivity contribution in [1.29, 1.82) is 0 Å². The number of rotatable bonds is 1. The van der Waals surface area contributed by atoms with E-state index in [2.05, 4.69) is 46.9 Å². The number of hydrogen-bond acceptors (Lipinski definition) is 0. The van der Waals surface area contributed by atoms with Gasteiger partial charge < -0.3 is 0 Å². The number of hydrogen-bond donors (Lipinski definition) is 0. The molecule has 61 valence electrons. The molecule has 0 N–H and O–H groups in total. The zero-order valence-corrected chi connectivity index (χ0v) is 9.10. The monoisotopic (exact) mass is 193 g/mol. The summed E-state index contributed by atoms with van der Waals surface area (Å²) in [5, 5.41) is 4.88. The fraction of sp³-hybridized carbons (Fsp3) is 0.273. The second-order valence-electron chi connectivity index (χ2n) is 3.54. The second kappa shape index (κ2) is 3.20. The molecule has 0 nitrogen and oxygen atoms in total. The molecule has 0 amide bonds. The Labute approximate surface area is 80.1 Å². The van der Waals surface area contributed by atoms with E-state index < -0.39 is 17.9 Å². The Balaban J connectivity index is 2.42. The van der Waals surface area contributed by atoms with Crippen LogP contribution in [0.3, 0.4) is 0 Å². The molecule has 0 fully saturated rings. The molecule has 2 rings (SSSR count). The maximum atomic E-state index is 2.44. The fourth-order valence-electron chi connectivity index (χ4n) is 1.75. The zero-order valence-electron chi connectivity index (χ0n) is 7.54. The van der Waals surface area contributed by atoms with E-state index in [0.29, 0.717) is 0 Å². The summed E-state index contributed by atoms with van der Waals surface area (Å²) in [6.45, 7) is 0. The molecule has 1 atom stereocenters. The molecule has 0 radical (unpaired) electrons. The van der Waals surface area contributed by atoms with Gasteiger partial charge in [-0.05, 0) is 0 Å². The van der Waals surface area contributed by atoms with E-state index in [1.807, 2.05) is 0 Å². The van der Waals surface area contributed by atoms with Gasteiger partial charge in [0.05, 0.1) is 0 Å². The van der Waals surface area contributed by atoms with Gasteiger partial charge >= 0.3 is 80.1 Å². The Hall–Kier alpha value is -0.326. The summed E-state index contributed by atoms with van der Waals surface area (Å²) in [5.41, 5.74) is 3.01. The first kappa shape index (κ1) is 8.28. The third-order valence-electron chi connectivity index (χ3n) is 2.42. The Morgan fingerprint density at radius 2 is 1.92 bits per heavy atom. The first-order chi connectivity index (χ1) is 5.79. The average Bonchev–Trinajstić information content (AvgIpc) is 2.47. The molecule has 1 aromatic carbocycles. The van der Waals surface area contributed by atoms with Gasteiger partial charge in [0.2, 0.25) is 0 Å². The van der Waals surface area contributed by atoms with Gasteiger partial charge in [-0.3, -0.25) is 0 Å². The molecule has 0 aliphatic heterocycles. The Kier molecular flexibility index (Phi) is 2.21. The van der Waals surface area contributed by atoms with E-state index >= 15 is 0 Å². The van der Waals surface area contributed by atoms with E-state index in [9.17, 15) is 0 Å². The SMILES string of the molecule is [CH3][Ti]([CH3])[CH]1C=Cc2ccccc21. The van der Waals surface area contributed by atoms with Crippen LogP contribution in [0.1, 0.15) is 15.3 Å². The predicted molar refractivity (Wildman–Crippen MR) is 49.9 cm³/mol. The summed E-state index contributed by atoms with van der Waals surface area (Å²) in [4.78, 5) is 0. The molecule has 0 aromatic heterocycles. The minimum absolute atomic E-state index is 0.799. The van der Waals surface area contributed by atoms with Crippen LogP contribution in [0.2, 0.25) is 10.5 Å². The van der Waals surface area contributed by atoms with Crippen LogP contribution in [0.4, 0.5) is 0 Å². The van der Waals surface area contributed by atoms with Crippen molar-refractivity contribution >= 4 is 6.08 Å². The molecule has 0 saturated carbocycles. The molecular weight excluding hydrogens is 180 g/mol. The van der Waals surface area contributed by atoms with Gasteiger partial charge in [0.15, 0.2) is 0 Å². The Morgan fingerprint density at radius 3 is 2.67 bits per heavy atom. The summed E-state index contributed by atoms with van der Waals surface area (Å²) < 4.78 is 0.807. The molecule has 12 heavy (non-hydrogen) atoms. The Morgan fingerprint density at radius 1 is 1.17 bits per heavy atom. The molecule has 0 saturated heterocycles. The normalized spacial score (nSPS) is 19.3. The molecule has 1 aliphatic rings. The summed E-state index contributed by atoms with van der Waals surface area (Å²) in [6.07, 6.45) is 4.67. The quantitative estimate of drug-likeness (QED) is 0.599. The molecule has 0 heterocycles. The molecule has 1 aliphatic carbocycles. The minimum atomic E-state index is -0.799. The summed E-state index contributed by atoms with van der Waals surface area (Å²) in [6, 6.07) is 8.77. The third-order valence-corrected chi connectivity index (χ3v) is 5.15. The molecule has 1 unspecified atom stereocenters. The fourth-order valence-corrected chi connectivity index (χ4v) is 3.89. The molecule has 0 bridgehead atoms. The van der Waals surface area contributed by atoms with Gasteiger partial charge in [-0.15, -0.1) is 0 Å². The van der Waals surface area contributed by atoms with Gasteiger partial charge in [-0.25, -0.2) is 0 Å². The molecule has 0 spiro atoms. The van der Waals surface area contributed by atoms with Crippen molar-refractivity contribution in [2.45, 2.75) is 14.7 Å². The van der Waals surface area contributed by atoms with Crippen LogP contribution in [-0.4, -0.2) is 0 Å². The van der Waals surface area contributed by atoms with Crippen molar-refractivity contribution < 1.29 is 17.9 Å². The summed E-state index contributed by atoms with van der Waals surface area (Å²) in [7, 11) is 0. The van der Waals surface area contributed by atoms with Crippen LogP contribution < -0.4 is 0 Å². The average molecular weight is 193 g/mol. The number of benzene rings is 1. The van der Waals surface area contributed by atoms with Gasteiger partial charge in [0.1, 0.15) is 0 Å². The topological polar surface area (TPSA) is 0 Å². The van der Waals surface area contributed by atoms with Crippen molar-refractivity contribution in [3.05, 3.63) is 41.5 Å². The van der Waals surface area contributed by atoms with Crippen molar-refractivity contribution in [3.63, 3.8) is 0 Å². The van der Waals surface area contributed by atoms with Crippen molar-refractivity contribution in [2.24, 2.45) is 0 Å². The second-order valence-corrected chi connectivity index (χ2v) is 7.88. The van der Waals surface area contributed by atoms with Crippen molar-refractivity contribution in [3.8, 4) is 0 Å². The van der Waals surface area contributed by atoms with Gasteiger partial charge in [-0.1, -0.05) is 0 Å². The Bertz CT molecular complexity index is 313. The van der Waals surface area contributed by atoms with E-state index in [0.717, 1.165) is 4.22 Å². The van der Waals surface area contributed by atoms with E-state index in [1.54, 1.807) is 5.56 Å². The zero-order chi connectivity index (χ0) is 8.55. The first-order valence-corrected chi connectivity index (χ1v) is 8.38. The summed E-state index contributed by atoms with van der Waals surface area (Å²) in [5.74, 6) is 0. The van der Waals surface area contributed by atoms with Crippen LogP contribution >= 0.6 is 0 Å². The van der Waals surface area contributed by atoms with Crippen LogP contribution in [0.15, 0.2) is 30.3 Å². The van der Waals surface area contributed by atoms with E-state index in [1.165, 1.54) is 5.56 Å².